The number of fused-ring (bicyclic) bond motifs is 4. The molecule has 34 heavy (non-hydrogen) atoms. The predicted octanol–water partition coefficient (Wildman–Crippen LogP) is 6.89. The van der Waals surface area contributed by atoms with Gasteiger partial charge >= 0.3 is 0 Å². The minimum atomic E-state index is -0.225. The molecule has 0 saturated heterocycles. The van der Waals surface area contributed by atoms with E-state index in [0.717, 1.165) is 56.6 Å². The first kappa shape index (κ1) is 23.5. The van der Waals surface area contributed by atoms with E-state index in [2.05, 4.69) is 44.2 Å². The number of hydrogen-bond acceptors (Lipinski definition) is 3. The number of ether oxygens (including phenoxy) is 1. The van der Waals surface area contributed by atoms with Crippen LogP contribution in [0.4, 0.5) is 0 Å². The van der Waals surface area contributed by atoms with Gasteiger partial charge in [-0.3, -0.25) is 0 Å². The maximum absolute atomic E-state index is 10.9. The van der Waals surface area contributed by atoms with Crippen LogP contribution in [-0.2, 0) is 18.3 Å². The van der Waals surface area contributed by atoms with Crippen molar-refractivity contribution in [1.29, 1.82) is 0 Å². The SMILES string of the molecule is COc1cc(O)cc2c1[C@]1(Cc3ccccc3)CC[C@@]3(CCCC(C)C)C[C@@H](O)CC3=C1CC2. The zero-order valence-electron chi connectivity index (χ0n) is 21.1. The van der Waals surface area contributed by atoms with Gasteiger partial charge in [-0.15, -0.1) is 0 Å². The topological polar surface area (TPSA) is 49.7 Å². The zero-order chi connectivity index (χ0) is 23.9. The highest BCUT2D eigenvalue weighted by atomic mass is 16.5. The molecular weight excluding hydrogens is 420 g/mol. The number of aliphatic hydroxyl groups excluding tert-OH is 1. The number of aromatic hydroxyl groups is 1. The number of rotatable bonds is 7. The molecule has 3 heteroatoms. The fourth-order valence-corrected chi connectivity index (χ4v) is 7.63. The Hall–Kier alpha value is -2.26. The molecule has 1 saturated carbocycles. The van der Waals surface area contributed by atoms with Crippen LogP contribution in [0.25, 0.3) is 0 Å². The van der Waals surface area contributed by atoms with E-state index in [4.69, 9.17) is 4.74 Å². The van der Waals surface area contributed by atoms with Gasteiger partial charge in [0.05, 0.1) is 13.2 Å². The fourth-order valence-electron chi connectivity index (χ4n) is 7.63. The second kappa shape index (κ2) is 9.07. The molecule has 2 aromatic rings. The van der Waals surface area contributed by atoms with Crippen molar-refractivity contribution in [2.45, 2.75) is 89.6 Å². The van der Waals surface area contributed by atoms with Crippen LogP contribution in [0.5, 0.6) is 11.5 Å². The third kappa shape index (κ3) is 3.96. The smallest absolute Gasteiger partial charge is 0.126 e. The lowest BCUT2D eigenvalue weighted by molar-refractivity contribution is 0.141. The Labute approximate surface area is 204 Å². The predicted molar refractivity (Wildman–Crippen MR) is 137 cm³/mol. The van der Waals surface area contributed by atoms with Gasteiger partial charge in [0.1, 0.15) is 11.5 Å². The number of aliphatic hydroxyl groups is 1. The van der Waals surface area contributed by atoms with Crippen LogP contribution in [0.3, 0.4) is 0 Å². The number of aryl methyl sites for hydroxylation is 1. The number of phenols is 1. The average molecular weight is 461 g/mol. The van der Waals surface area contributed by atoms with E-state index in [9.17, 15) is 10.2 Å². The molecule has 0 bridgehead atoms. The molecule has 3 aliphatic carbocycles. The van der Waals surface area contributed by atoms with Gasteiger partial charge in [0.2, 0.25) is 0 Å². The van der Waals surface area contributed by atoms with Gasteiger partial charge in [0.15, 0.2) is 0 Å². The van der Waals surface area contributed by atoms with E-state index >= 15 is 0 Å². The summed E-state index contributed by atoms with van der Waals surface area (Å²) < 4.78 is 5.92. The van der Waals surface area contributed by atoms with Crippen molar-refractivity contribution in [3.8, 4) is 11.5 Å². The molecule has 0 aliphatic heterocycles. The molecule has 2 aromatic carbocycles. The molecule has 0 unspecified atom stereocenters. The van der Waals surface area contributed by atoms with Gasteiger partial charge in [-0.1, -0.05) is 68.2 Å². The highest BCUT2D eigenvalue weighted by Gasteiger charge is 2.54. The second-order valence-electron chi connectivity index (χ2n) is 11.5. The Morgan fingerprint density at radius 3 is 2.59 bits per heavy atom. The fraction of sp³-hybridized carbons (Fsp3) is 0.548. The van der Waals surface area contributed by atoms with Crippen LogP contribution in [-0.4, -0.2) is 23.4 Å². The highest BCUT2D eigenvalue weighted by Crippen LogP contribution is 2.63. The van der Waals surface area contributed by atoms with Gasteiger partial charge < -0.3 is 14.9 Å². The summed E-state index contributed by atoms with van der Waals surface area (Å²) in [6.07, 6.45) is 10.3. The number of phenolic OH excluding ortho intramolecular Hbond substituents is 1. The van der Waals surface area contributed by atoms with Crippen LogP contribution in [0.2, 0.25) is 0 Å². The lowest BCUT2D eigenvalue weighted by Crippen LogP contribution is -2.43. The highest BCUT2D eigenvalue weighted by molar-refractivity contribution is 5.59. The summed E-state index contributed by atoms with van der Waals surface area (Å²) >= 11 is 0. The summed E-state index contributed by atoms with van der Waals surface area (Å²) in [6.45, 7) is 4.62. The molecule has 0 radical (unpaired) electrons. The molecule has 1 fully saturated rings. The van der Waals surface area contributed by atoms with Crippen molar-refractivity contribution in [3.63, 3.8) is 0 Å². The van der Waals surface area contributed by atoms with Crippen molar-refractivity contribution in [1.82, 2.24) is 0 Å². The molecule has 3 nitrogen and oxygen atoms in total. The van der Waals surface area contributed by atoms with Gasteiger partial charge in [-0.2, -0.15) is 0 Å². The molecule has 0 heterocycles. The molecule has 3 aliphatic rings. The molecule has 0 spiro atoms. The van der Waals surface area contributed by atoms with E-state index in [1.807, 2.05) is 6.07 Å². The Morgan fingerprint density at radius 2 is 1.85 bits per heavy atom. The quantitative estimate of drug-likeness (QED) is 0.443. The molecule has 2 N–H and O–H groups in total. The van der Waals surface area contributed by atoms with Gasteiger partial charge in [-0.25, -0.2) is 0 Å². The first-order valence-corrected chi connectivity index (χ1v) is 13.2. The van der Waals surface area contributed by atoms with Crippen LogP contribution in [0, 0.1) is 11.3 Å². The first-order chi connectivity index (χ1) is 16.4. The third-order valence-electron chi connectivity index (χ3n) is 8.98. The minimum Gasteiger partial charge on any atom is -0.508 e. The zero-order valence-corrected chi connectivity index (χ0v) is 21.1. The Kier molecular flexibility index (Phi) is 6.27. The van der Waals surface area contributed by atoms with Crippen molar-refractivity contribution < 1.29 is 14.9 Å². The van der Waals surface area contributed by atoms with Crippen LogP contribution < -0.4 is 4.74 Å². The maximum atomic E-state index is 10.9. The normalized spacial score (nSPS) is 28.0. The van der Waals surface area contributed by atoms with Gasteiger partial charge in [0, 0.05) is 17.0 Å². The van der Waals surface area contributed by atoms with Crippen LogP contribution >= 0.6 is 0 Å². The minimum absolute atomic E-state index is 0.130. The lowest BCUT2D eigenvalue weighted by Gasteiger charge is -2.51. The summed E-state index contributed by atoms with van der Waals surface area (Å²) in [5, 5.41) is 21.4. The van der Waals surface area contributed by atoms with E-state index in [-0.39, 0.29) is 22.7 Å². The summed E-state index contributed by atoms with van der Waals surface area (Å²) in [5.41, 5.74) is 7.01. The Balaban J connectivity index is 1.68. The summed E-state index contributed by atoms with van der Waals surface area (Å²) in [7, 11) is 1.73. The van der Waals surface area contributed by atoms with Gasteiger partial charge in [-0.05, 0) is 79.9 Å². The number of benzene rings is 2. The van der Waals surface area contributed by atoms with Crippen LogP contribution in [0.15, 0.2) is 53.6 Å². The standard InChI is InChI=1S/C31H40O3/c1-21(2)8-7-13-30-14-15-31(19-22-9-5-4-6-10-22)26(27(30)17-25(33)20-30)12-11-23-16-24(32)18-28(34-3)29(23)31/h4-6,9-10,16,18,21,25,32-33H,7-8,11-15,17,19-20H2,1-3H3/t25-,30-,31-/m0/s1. The monoisotopic (exact) mass is 460 g/mol. The largest absolute Gasteiger partial charge is 0.508 e. The number of hydrogen-bond donors (Lipinski definition) is 2. The van der Waals surface area contributed by atoms with Crippen molar-refractivity contribution >= 4 is 0 Å². The Morgan fingerprint density at radius 1 is 1.06 bits per heavy atom. The second-order valence-corrected chi connectivity index (χ2v) is 11.5. The average Bonchev–Trinajstić information content (AvgIpc) is 3.14. The van der Waals surface area contributed by atoms with Crippen LogP contribution in [0.1, 0.15) is 81.9 Å². The van der Waals surface area contributed by atoms with E-state index in [1.165, 1.54) is 36.0 Å². The number of methoxy groups -OCH3 is 1. The van der Waals surface area contributed by atoms with Gasteiger partial charge in [0.25, 0.3) is 0 Å². The maximum Gasteiger partial charge on any atom is 0.126 e. The molecule has 182 valence electrons. The van der Waals surface area contributed by atoms with Crippen molar-refractivity contribution in [3.05, 3.63) is 70.3 Å². The summed E-state index contributed by atoms with van der Waals surface area (Å²) in [6, 6.07) is 14.6. The molecule has 5 rings (SSSR count). The Bertz CT molecular complexity index is 1050. The first-order valence-electron chi connectivity index (χ1n) is 13.2. The molecular formula is C31H40O3. The summed E-state index contributed by atoms with van der Waals surface area (Å²) in [4.78, 5) is 0. The number of allylic oxidation sites excluding steroid dienone is 1. The van der Waals surface area contributed by atoms with E-state index in [1.54, 1.807) is 24.3 Å². The summed E-state index contributed by atoms with van der Waals surface area (Å²) in [5.74, 6) is 1.82. The molecule has 0 amide bonds. The molecule has 3 atom stereocenters. The van der Waals surface area contributed by atoms with E-state index in [0.29, 0.717) is 0 Å². The molecule has 0 aromatic heterocycles. The van der Waals surface area contributed by atoms with E-state index < -0.39 is 0 Å². The van der Waals surface area contributed by atoms with Crippen molar-refractivity contribution in [2.75, 3.05) is 7.11 Å². The third-order valence-corrected chi connectivity index (χ3v) is 8.98. The lowest BCUT2D eigenvalue weighted by atomic mass is 9.52. The van der Waals surface area contributed by atoms with Crippen molar-refractivity contribution in [2.24, 2.45) is 11.3 Å².